The van der Waals surface area contributed by atoms with Gasteiger partial charge in [-0.15, -0.1) is 5.10 Å². The van der Waals surface area contributed by atoms with Gasteiger partial charge in [0, 0.05) is 34.2 Å². The number of phenolic OH excluding ortho intramolecular Hbond substituents is 1. The van der Waals surface area contributed by atoms with Crippen molar-refractivity contribution >= 4 is 69.2 Å². The van der Waals surface area contributed by atoms with Crippen molar-refractivity contribution in [2.45, 2.75) is 102 Å². The number of benzene rings is 4. The second-order valence-electron chi connectivity index (χ2n) is 14.5. The molecule has 0 fully saturated rings. The predicted octanol–water partition coefficient (Wildman–Crippen LogP) is 10.5. The van der Waals surface area contributed by atoms with Gasteiger partial charge < -0.3 is 24.6 Å². The lowest BCUT2D eigenvalue weighted by Crippen LogP contribution is -2.34. The molecule has 0 aliphatic rings. The molecular weight excluding hydrogens is 838 g/mol. The number of nitrogens with zero attached hydrogens (tertiary/aromatic N) is 6. The highest BCUT2D eigenvalue weighted by molar-refractivity contribution is 7.98. The van der Waals surface area contributed by atoms with E-state index in [1.54, 1.807) is 42.5 Å². The summed E-state index contributed by atoms with van der Waals surface area (Å²) >= 11 is 7.33. The zero-order valence-electron chi connectivity index (χ0n) is 35.1. The smallest absolute Gasteiger partial charge is 0.420 e. The number of phenols is 1. The molecule has 0 radical (unpaired) electrons. The third-order valence-electron chi connectivity index (χ3n) is 9.94. The molecule has 1 heterocycles. The van der Waals surface area contributed by atoms with Gasteiger partial charge in [0.2, 0.25) is 10.9 Å². The molecule has 18 heteroatoms. The number of rotatable bonds is 24. The number of fused-ring (bicyclic) bond motifs is 1. The molecule has 16 nitrogen and oxygen atoms in total. The van der Waals surface area contributed by atoms with Crippen LogP contribution in [0, 0.1) is 10.1 Å². The Balaban J connectivity index is 1.36. The lowest BCUT2D eigenvalue weighted by Gasteiger charge is -2.24. The van der Waals surface area contributed by atoms with E-state index in [4.69, 9.17) is 25.8 Å². The van der Waals surface area contributed by atoms with Crippen LogP contribution in [0.25, 0.3) is 10.8 Å². The number of hydrogen-bond acceptors (Lipinski definition) is 13. The van der Waals surface area contributed by atoms with Gasteiger partial charge >= 0.3 is 17.7 Å². The average Bonchev–Trinajstić information content (AvgIpc) is 3.70. The first kappa shape index (κ1) is 47.1. The average molecular weight is 890 g/mol. The number of carbonyl (C=O) groups is 3. The molecular formula is C44H52ClN7O9S. The molecule has 4 aromatic carbocycles. The number of nitro benzene ring substituents is 1. The van der Waals surface area contributed by atoms with Crippen LogP contribution in [0.2, 0.25) is 5.02 Å². The minimum Gasteiger partial charge on any atom is -0.506 e. The summed E-state index contributed by atoms with van der Waals surface area (Å²) in [4.78, 5) is 52.9. The van der Waals surface area contributed by atoms with E-state index in [0.29, 0.717) is 56.5 Å². The fourth-order valence-corrected chi connectivity index (χ4v) is 7.73. The first-order valence-electron chi connectivity index (χ1n) is 20.7. The number of thioether (sulfide) groups is 1. The van der Waals surface area contributed by atoms with Crippen molar-refractivity contribution in [3.63, 3.8) is 0 Å². The third-order valence-corrected chi connectivity index (χ3v) is 11.2. The quantitative estimate of drug-likeness (QED) is 0.0195. The van der Waals surface area contributed by atoms with Crippen LogP contribution in [0.1, 0.15) is 100 Å². The van der Waals surface area contributed by atoms with Crippen molar-refractivity contribution in [3.8, 4) is 17.2 Å². The van der Waals surface area contributed by atoms with Gasteiger partial charge in [-0.05, 0) is 65.2 Å². The van der Waals surface area contributed by atoms with Crippen molar-refractivity contribution < 1.29 is 38.6 Å². The number of nitro groups is 1. The number of carbonyl (C=O) groups excluding carboxylic acids is 3. The van der Waals surface area contributed by atoms with Gasteiger partial charge in [0.25, 0.3) is 5.91 Å². The summed E-state index contributed by atoms with van der Waals surface area (Å²) in [6.07, 6.45) is 10.6. The van der Waals surface area contributed by atoms with Crippen molar-refractivity contribution in [2.24, 2.45) is 0 Å². The lowest BCUT2D eigenvalue weighted by molar-refractivity contribution is -0.385. The largest absolute Gasteiger partial charge is 0.506 e. The highest BCUT2D eigenvalue weighted by Crippen LogP contribution is 2.38. The normalized spacial score (nSPS) is 11.0. The molecule has 330 valence electrons. The number of hydrogen-bond donors (Lipinski definition) is 2. The molecule has 5 aromatic rings. The van der Waals surface area contributed by atoms with E-state index in [-0.39, 0.29) is 42.5 Å². The molecule has 1 aromatic heterocycles. The van der Waals surface area contributed by atoms with Crippen LogP contribution in [0.5, 0.6) is 17.2 Å². The van der Waals surface area contributed by atoms with Gasteiger partial charge in [0.15, 0.2) is 0 Å². The fraction of sp³-hybridized carbons (Fsp3) is 0.409. The molecule has 0 unspecified atom stereocenters. The highest BCUT2D eigenvalue weighted by atomic mass is 35.5. The number of ether oxygens (including phenoxy) is 3. The monoisotopic (exact) mass is 889 g/mol. The molecule has 0 atom stereocenters. The number of anilines is 2. The van der Waals surface area contributed by atoms with Crippen molar-refractivity contribution in [2.75, 3.05) is 30.5 Å². The van der Waals surface area contributed by atoms with E-state index < -0.39 is 28.6 Å². The summed E-state index contributed by atoms with van der Waals surface area (Å²) in [6.45, 7) is 4.38. The predicted molar refractivity (Wildman–Crippen MR) is 239 cm³/mol. The van der Waals surface area contributed by atoms with Crippen LogP contribution in [0.15, 0.2) is 71.9 Å². The first-order valence-corrected chi connectivity index (χ1v) is 22.1. The number of aromatic hydroxyl groups is 1. The summed E-state index contributed by atoms with van der Waals surface area (Å²) in [7, 11) is 1.46. The third kappa shape index (κ3) is 13.0. The Morgan fingerprint density at radius 2 is 1.63 bits per heavy atom. The van der Waals surface area contributed by atoms with Crippen LogP contribution in [0.4, 0.5) is 21.9 Å². The van der Waals surface area contributed by atoms with Crippen LogP contribution in [-0.2, 0) is 21.8 Å². The van der Waals surface area contributed by atoms with E-state index in [2.05, 4.69) is 27.8 Å². The molecule has 0 spiro atoms. The van der Waals surface area contributed by atoms with E-state index in [0.717, 1.165) is 25.7 Å². The molecule has 0 saturated heterocycles. The SMILES string of the molecule is CCCCCCCCCCCCN(C(=O)Oc1ccc(CSc2nnnn2CC(=O)OCCC)cc1[N+](=O)[O-])c1cccc2c(O)c(C(=O)Nc3cc(Cl)ccc3OC)ccc12. The topological polar surface area (TPSA) is 201 Å². The number of esters is 1. The van der Waals surface area contributed by atoms with Gasteiger partial charge in [-0.2, -0.15) is 0 Å². The Hall–Kier alpha value is -5.94. The van der Waals surface area contributed by atoms with Crippen molar-refractivity contribution in [1.82, 2.24) is 20.2 Å². The van der Waals surface area contributed by atoms with E-state index in [1.807, 2.05) is 6.92 Å². The number of aromatic nitrogens is 4. The number of amides is 2. The van der Waals surface area contributed by atoms with Gasteiger partial charge in [0.1, 0.15) is 18.0 Å². The Morgan fingerprint density at radius 3 is 2.34 bits per heavy atom. The summed E-state index contributed by atoms with van der Waals surface area (Å²) < 4.78 is 17.6. The fourth-order valence-electron chi connectivity index (χ4n) is 6.74. The molecule has 62 heavy (non-hydrogen) atoms. The molecule has 0 aliphatic heterocycles. The van der Waals surface area contributed by atoms with Crippen LogP contribution < -0.4 is 19.7 Å². The summed E-state index contributed by atoms with van der Waals surface area (Å²) in [5, 5.41) is 39.5. The zero-order chi connectivity index (χ0) is 44.4. The number of halogens is 1. The number of methoxy groups -OCH3 is 1. The number of tetrazole rings is 1. The molecule has 5 rings (SSSR count). The van der Waals surface area contributed by atoms with Gasteiger partial charge in [0.05, 0.1) is 35.6 Å². The second kappa shape index (κ2) is 23.9. The first-order chi connectivity index (χ1) is 30.0. The molecule has 2 amide bonds. The maximum atomic E-state index is 14.2. The highest BCUT2D eigenvalue weighted by Gasteiger charge is 2.26. The molecule has 0 aliphatic carbocycles. The van der Waals surface area contributed by atoms with Crippen molar-refractivity contribution in [3.05, 3.63) is 93.0 Å². The molecule has 0 saturated carbocycles. The maximum Gasteiger partial charge on any atom is 0.420 e. The molecule has 2 N–H and O–H groups in total. The zero-order valence-corrected chi connectivity index (χ0v) is 36.7. The van der Waals surface area contributed by atoms with Crippen molar-refractivity contribution in [1.29, 1.82) is 0 Å². The Kier molecular flexibility index (Phi) is 18.2. The second-order valence-corrected chi connectivity index (χ2v) is 15.9. The van der Waals surface area contributed by atoms with Crippen LogP contribution >= 0.6 is 23.4 Å². The summed E-state index contributed by atoms with van der Waals surface area (Å²) in [5.74, 6) is -1.10. The lowest BCUT2D eigenvalue weighted by atomic mass is 10.0. The van der Waals surface area contributed by atoms with Gasteiger partial charge in [-0.3, -0.25) is 24.6 Å². The van der Waals surface area contributed by atoms with E-state index in [1.165, 1.54) is 84.8 Å². The number of nitrogens with one attached hydrogen (secondary N) is 1. The Labute approximate surface area is 369 Å². The summed E-state index contributed by atoms with van der Waals surface area (Å²) in [5.41, 5.74) is 0.757. The van der Waals surface area contributed by atoms with Crippen LogP contribution in [0.3, 0.4) is 0 Å². The van der Waals surface area contributed by atoms with Gasteiger partial charge in [-0.25, -0.2) is 9.48 Å². The van der Waals surface area contributed by atoms with Crippen LogP contribution in [-0.4, -0.2) is 68.5 Å². The van der Waals surface area contributed by atoms with E-state index >= 15 is 0 Å². The Morgan fingerprint density at radius 1 is 0.903 bits per heavy atom. The number of unbranched alkanes of at least 4 members (excludes halogenated alkanes) is 9. The molecule has 0 bridgehead atoms. The minimum absolute atomic E-state index is 0.0274. The summed E-state index contributed by atoms with van der Waals surface area (Å²) in [6, 6.07) is 17.1. The maximum absolute atomic E-state index is 14.2. The van der Waals surface area contributed by atoms with Gasteiger partial charge in [-0.1, -0.05) is 119 Å². The van der Waals surface area contributed by atoms with E-state index in [9.17, 15) is 29.6 Å². The minimum atomic E-state index is -0.859. The standard InChI is InChI=1S/C44H52ClN7O9S/c1-4-6-7-8-9-10-11-12-13-14-24-50(36-17-15-16-33-32(36)20-21-34(41(33)54)42(55)46-35-27-31(45)19-23-38(35)59-3)44(56)61-39-22-18-30(26-37(39)52(57)58)29-62-43-47-48-49-51(43)28-40(53)60-25-5-2/h15-23,26-27,54H,4-14,24-25,28-29H2,1-3H3,(H,46,55). The Bertz CT molecular complexity index is 2330.